The van der Waals surface area contributed by atoms with Crippen LogP contribution in [0.15, 0.2) is 80.3 Å². The maximum atomic E-state index is 14.8. The molecule has 0 saturated heterocycles. The maximum absolute atomic E-state index is 14.8. The van der Waals surface area contributed by atoms with Gasteiger partial charge in [0, 0.05) is 10.6 Å². The number of sulfonamides is 1. The molecule has 0 heterocycles. The number of allylic oxidation sites excluding steroid dienone is 3. The summed E-state index contributed by atoms with van der Waals surface area (Å²) in [6.45, 7) is 22.3. The highest BCUT2D eigenvalue weighted by Crippen LogP contribution is 2.38. The van der Waals surface area contributed by atoms with E-state index in [4.69, 9.17) is 0 Å². The van der Waals surface area contributed by atoms with Crippen LogP contribution in [-0.2, 0) is 19.8 Å². The fraction of sp³-hybridized carbons (Fsp3) is 0.500. The van der Waals surface area contributed by atoms with Crippen LogP contribution in [0.4, 0.5) is 0 Å². The number of nitrogens with zero attached hydrogens (tertiary/aromatic N) is 1. The first kappa shape index (κ1) is 32.0. The Morgan fingerprint density at radius 2 is 1.45 bits per heavy atom. The first-order valence-electron chi connectivity index (χ1n) is 13.6. The zero-order valence-electron chi connectivity index (χ0n) is 24.7. The monoisotopic (exact) mass is 557 g/mol. The van der Waals surface area contributed by atoms with E-state index in [-0.39, 0.29) is 28.4 Å². The standard InChI is InChI=1S/C32H47NO3S2/c1-11-32(10,19-15-16-23(2)3)22-37(34,28-17-13-12-14-18-28)33-38(35,36)31-29(25(6)7)20-27(24(4)5)21-30(31)26(8)9/h11-14,16-18,20-21,24-26H,1,15,19,22H2,2-10H3/t32-,37?/m1/s1. The Bertz CT molecular complexity index is 1340. The Kier molecular flexibility index (Phi) is 10.8. The quantitative estimate of drug-likeness (QED) is 0.244. The lowest BCUT2D eigenvalue weighted by molar-refractivity contribution is 0.446. The molecular formula is C32H47NO3S2. The molecule has 0 amide bonds. The molecule has 0 N–H and O–H groups in total. The lowest BCUT2D eigenvalue weighted by Crippen LogP contribution is -2.26. The van der Waals surface area contributed by atoms with E-state index in [0.717, 1.165) is 23.1 Å². The van der Waals surface area contributed by atoms with Gasteiger partial charge in [-0.05, 0) is 78.7 Å². The van der Waals surface area contributed by atoms with Gasteiger partial charge in [-0.1, -0.05) is 96.5 Å². The van der Waals surface area contributed by atoms with Gasteiger partial charge in [-0.15, -0.1) is 10.3 Å². The Morgan fingerprint density at radius 3 is 1.87 bits per heavy atom. The van der Waals surface area contributed by atoms with E-state index in [0.29, 0.717) is 11.3 Å². The smallest absolute Gasteiger partial charge is 0.244 e. The molecule has 0 radical (unpaired) electrons. The van der Waals surface area contributed by atoms with E-state index in [1.165, 1.54) is 5.57 Å². The topological polar surface area (TPSA) is 63.6 Å². The number of benzene rings is 2. The highest BCUT2D eigenvalue weighted by atomic mass is 32.3. The molecule has 38 heavy (non-hydrogen) atoms. The van der Waals surface area contributed by atoms with Crippen molar-refractivity contribution in [2.24, 2.45) is 9.18 Å². The van der Waals surface area contributed by atoms with Gasteiger partial charge in [0.1, 0.15) is 0 Å². The predicted molar refractivity (Wildman–Crippen MR) is 163 cm³/mol. The van der Waals surface area contributed by atoms with E-state index in [2.05, 4.69) is 30.3 Å². The summed E-state index contributed by atoms with van der Waals surface area (Å²) < 4.78 is 47.6. The first-order valence-corrected chi connectivity index (χ1v) is 16.7. The lowest BCUT2D eigenvalue weighted by Gasteiger charge is -2.27. The fourth-order valence-electron chi connectivity index (χ4n) is 4.54. The third-order valence-electron chi connectivity index (χ3n) is 6.95. The maximum Gasteiger partial charge on any atom is 0.290 e. The second-order valence-corrected chi connectivity index (χ2v) is 15.8. The molecule has 1 unspecified atom stereocenters. The van der Waals surface area contributed by atoms with Gasteiger partial charge in [0.2, 0.25) is 0 Å². The van der Waals surface area contributed by atoms with E-state index < -0.39 is 25.2 Å². The second kappa shape index (κ2) is 12.8. The first-order chi connectivity index (χ1) is 17.5. The third kappa shape index (κ3) is 7.92. The van der Waals surface area contributed by atoms with E-state index in [9.17, 15) is 12.6 Å². The minimum absolute atomic E-state index is 0.0403. The molecule has 2 aromatic carbocycles. The zero-order valence-corrected chi connectivity index (χ0v) is 26.4. The third-order valence-corrected chi connectivity index (χ3v) is 11.7. The average Bonchev–Trinajstić information content (AvgIpc) is 2.82. The van der Waals surface area contributed by atoms with Crippen LogP contribution in [0.3, 0.4) is 0 Å². The van der Waals surface area contributed by atoms with Crippen LogP contribution >= 0.6 is 0 Å². The summed E-state index contributed by atoms with van der Waals surface area (Å²) in [6, 6.07) is 12.8. The molecule has 0 aliphatic rings. The van der Waals surface area contributed by atoms with Crippen molar-refractivity contribution in [3.63, 3.8) is 0 Å². The molecule has 4 nitrogen and oxygen atoms in total. The summed E-state index contributed by atoms with van der Waals surface area (Å²) in [5, 5.41) is 0. The second-order valence-electron chi connectivity index (χ2n) is 11.8. The average molecular weight is 558 g/mol. The van der Waals surface area contributed by atoms with Crippen molar-refractivity contribution in [2.45, 2.75) is 103 Å². The van der Waals surface area contributed by atoms with E-state index in [1.54, 1.807) is 30.3 Å². The van der Waals surface area contributed by atoms with Crippen molar-refractivity contribution in [3.8, 4) is 0 Å². The minimum Gasteiger partial charge on any atom is -0.244 e. The van der Waals surface area contributed by atoms with Crippen molar-refractivity contribution in [2.75, 3.05) is 5.75 Å². The van der Waals surface area contributed by atoms with Crippen molar-refractivity contribution >= 4 is 19.8 Å². The van der Waals surface area contributed by atoms with Gasteiger partial charge in [-0.3, -0.25) is 0 Å². The molecule has 0 spiro atoms. The molecule has 0 fully saturated rings. The van der Waals surface area contributed by atoms with Gasteiger partial charge < -0.3 is 0 Å². The van der Waals surface area contributed by atoms with Crippen LogP contribution in [-0.4, -0.2) is 18.4 Å². The molecular weight excluding hydrogens is 510 g/mol. The highest BCUT2D eigenvalue weighted by molar-refractivity contribution is 8.03. The Morgan fingerprint density at radius 1 is 0.921 bits per heavy atom. The van der Waals surface area contributed by atoms with Crippen LogP contribution in [0.5, 0.6) is 0 Å². The Labute approximate surface area is 232 Å². The number of hydrogen-bond donors (Lipinski definition) is 0. The summed E-state index contributed by atoms with van der Waals surface area (Å²) in [6.07, 6.45) is 5.42. The molecule has 0 bridgehead atoms. The van der Waals surface area contributed by atoms with Gasteiger partial charge in [0.25, 0.3) is 10.0 Å². The molecule has 2 aromatic rings. The van der Waals surface area contributed by atoms with Crippen LogP contribution in [0, 0.1) is 5.41 Å². The van der Waals surface area contributed by atoms with Crippen molar-refractivity contribution in [1.29, 1.82) is 0 Å². The lowest BCUT2D eigenvalue weighted by atomic mass is 9.87. The van der Waals surface area contributed by atoms with E-state index >= 15 is 0 Å². The molecule has 0 aliphatic heterocycles. The van der Waals surface area contributed by atoms with Crippen LogP contribution in [0.25, 0.3) is 0 Å². The van der Waals surface area contributed by atoms with Crippen LogP contribution in [0.1, 0.15) is 110 Å². The van der Waals surface area contributed by atoms with Gasteiger partial charge in [-0.2, -0.15) is 8.42 Å². The van der Waals surface area contributed by atoms with E-state index in [1.807, 2.05) is 66.7 Å². The zero-order chi connectivity index (χ0) is 28.9. The molecule has 2 atom stereocenters. The number of hydrogen-bond acceptors (Lipinski definition) is 3. The molecule has 0 aromatic heterocycles. The van der Waals surface area contributed by atoms with Gasteiger partial charge in [0.15, 0.2) is 0 Å². The largest absolute Gasteiger partial charge is 0.290 e. The Balaban J connectivity index is 2.88. The normalized spacial score (nSPS) is 15.3. The molecule has 6 heteroatoms. The van der Waals surface area contributed by atoms with Crippen LogP contribution in [0.2, 0.25) is 0 Å². The minimum atomic E-state index is -4.27. The van der Waals surface area contributed by atoms with Gasteiger partial charge in [0.05, 0.1) is 14.6 Å². The SMILES string of the molecule is C=C[C@](C)(CCC=C(C)C)CS(=O)(=NS(=O)(=O)c1c(C(C)C)cc(C(C)C)cc1C(C)C)c1ccccc1. The number of rotatable bonds is 12. The summed E-state index contributed by atoms with van der Waals surface area (Å²) in [4.78, 5) is 0.635. The molecule has 210 valence electrons. The van der Waals surface area contributed by atoms with Crippen molar-refractivity contribution in [1.82, 2.24) is 0 Å². The van der Waals surface area contributed by atoms with Gasteiger partial charge in [-0.25, -0.2) is 4.21 Å². The summed E-state index contributed by atoms with van der Waals surface area (Å²) in [5.74, 6) is 0.242. The van der Waals surface area contributed by atoms with Gasteiger partial charge >= 0.3 is 0 Å². The highest BCUT2D eigenvalue weighted by Gasteiger charge is 2.33. The summed E-state index contributed by atoms with van der Waals surface area (Å²) in [5.41, 5.74) is 3.20. The molecule has 0 aliphatic carbocycles. The molecule has 2 rings (SSSR count). The van der Waals surface area contributed by atoms with Crippen LogP contribution < -0.4 is 0 Å². The summed E-state index contributed by atoms with van der Waals surface area (Å²) >= 11 is 0. The van der Waals surface area contributed by atoms with Crippen molar-refractivity contribution in [3.05, 3.63) is 83.5 Å². The Hall–Kier alpha value is -2.18. The molecule has 0 saturated carbocycles. The fourth-order valence-corrected chi connectivity index (χ4v) is 9.75. The summed E-state index contributed by atoms with van der Waals surface area (Å²) in [7, 11) is -7.63. The predicted octanol–water partition coefficient (Wildman–Crippen LogP) is 9.21. The van der Waals surface area contributed by atoms with Crippen molar-refractivity contribution < 1.29 is 12.6 Å².